The molecule has 0 saturated carbocycles. The van der Waals surface area contributed by atoms with E-state index in [2.05, 4.69) is 32.2 Å². The van der Waals surface area contributed by atoms with Crippen LogP contribution in [0, 0.1) is 29.6 Å². The minimum absolute atomic E-state index is 0.276. The number of fused-ring (bicyclic) bond motifs is 1. The van der Waals surface area contributed by atoms with Crippen LogP contribution in [0.4, 0.5) is 5.00 Å². The standard InChI is InChI=1S/C20H24N2O2S/c1-5-20(3,4)13-7-8-14-15(11-21)19(25-17(14)10-13)22-18(23)16-9-6-12(2)24-16/h6,9,13H,5,7-8,10H2,1-4H3,(H,22,23). The Hall–Kier alpha value is -2.06. The first kappa shape index (κ1) is 17.8. The summed E-state index contributed by atoms with van der Waals surface area (Å²) in [7, 11) is 0. The molecule has 1 aliphatic rings. The van der Waals surface area contributed by atoms with E-state index < -0.39 is 0 Å². The summed E-state index contributed by atoms with van der Waals surface area (Å²) in [5, 5.41) is 13.1. The van der Waals surface area contributed by atoms with Gasteiger partial charge in [-0.1, -0.05) is 27.2 Å². The highest BCUT2D eigenvalue weighted by atomic mass is 32.1. The molecule has 0 radical (unpaired) electrons. The van der Waals surface area contributed by atoms with E-state index in [1.807, 2.05) is 0 Å². The van der Waals surface area contributed by atoms with Gasteiger partial charge in [0, 0.05) is 4.88 Å². The van der Waals surface area contributed by atoms with Gasteiger partial charge in [0.25, 0.3) is 5.91 Å². The van der Waals surface area contributed by atoms with Gasteiger partial charge in [-0.25, -0.2) is 0 Å². The lowest BCUT2D eigenvalue weighted by molar-refractivity contribution is 0.0996. The van der Waals surface area contributed by atoms with E-state index in [4.69, 9.17) is 4.42 Å². The lowest BCUT2D eigenvalue weighted by Crippen LogP contribution is -2.28. The van der Waals surface area contributed by atoms with Gasteiger partial charge in [0.15, 0.2) is 5.76 Å². The molecular weight excluding hydrogens is 332 g/mol. The number of aryl methyl sites for hydroxylation is 1. The lowest BCUT2D eigenvalue weighted by atomic mass is 9.69. The van der Waals surface area contributed by atoms with E-state index in [1.54, 1.807) is 30.4 Å². The Morgan fingerprint density at radius 1 is 1.48 bits per heavy atom. The Morgan fingerprint density at radius 3 is 2.84 bits per heavy atom. The number of hydrogen-bond acceptors (Lipinski definition) is 4. The molecule has 5 heteroatoms. The minimum Gasteiger partial charge on any atom is -0.456 e. The molecular formula is C20H24N2O2S. The average molecular weight is 356 g/mol. The zero-order valence-corrected chi connectivity index (χ0v) is 16.0. The van der Waals surface area contributed by atoms with Gasteiger partial charge in [0.1, 0.15) is 16.8 Å². The molecule has 1 unspecified atom stereocenters. The number of nitrogens with zero attached hydrogens (tertiary/aromatic N) is 1. The summed E-state index contributed by atoms with van der Waals surface area (Å²) in [4.78, 5) is 13.6. The van der Waals surface area contributed by atoms with Gasteiger partial charge in [-0.15, -0.1) is 11.3 Å². The van der Waals surface area contributed by atoms with Crippen LogP contribution in [0.15, 0.2) is 16.5 Å². The second-order valence-corrected chi connectivity index (χ2v) is 8.57. The average Bonchev–Trinajstić information content (AvgIpc) is 3.17. The first-order valence-electron chi connectivity index (χ1n) is 8.78. The molecule has 0 saturated heterocycles. The molecule has 1 N–H and O–H groups in total. The lowest BCUT2D eigenvalue weighted by Gasteiger charge is -2.36. The molecule has 2 aromatic rings. The van der Waals surface area contributed by atoms with Crippen molar-refractivity contribution in [2.75, 3.05) is 5.32 Å². The van der Waals surface area contributed by atoms with Crippen LogP contribution in [0.5, 0.6) is 0 Å². The van der Waals surface area contributed by atoms with Crippen molar-refractivity contribution in [3.05, 3.63) is 39.7 Å². The van der Waals surface area contributed by atoms with Gasteiger partial charge in [0.2, 0.25) is 0 Å². The molecule has 0 fully saturated rings. The maximum atomic E-state index is 12.4. The number of thiophene rings is 1. The largest absolute Gasteiger partial charge is 0.456 e. The molecule has 0 aromatic carbocycles. The number of rotatable bonds is 4. The van der Waals surface area contributed by atoms with Crippen LogP contribution in [0.25, 0.3) is 0 Å². The van der Waals surface area contributed by atoms with Crippen LogP contribution in [0.1, 0.15) is 65.9 Å². The predicted octanol–water partition coefficient (Wildman–Crippen LogP) is 5.31. The molecule has 25 heavy (non-hydrogen) atoms. The highest BCUT2D eigenvalue weighted by molar-refractivity contribution is 7.16. The number of carbonyl (C=O) groups excluding carboxylic acids is 1. The van der Waals surface area contributed by atoms with Crippen molar-refractivity contribution in [3.8, 4) is 6.07 Å². The molecule has 2 heterocycles. The second-order valence-electron chi connectivity index (χ2n) is 7.47. The second kappa shape index (κ2) is 6.68. The summed E-state index contributed by atoms with van der Waals surface area (Å²) >= 11 is 1.55. The van der Waals surface area contributed by atoms with Crippen LogP contribution < -0.4 is 5.32 Å². The van der Waals surface area contributed by atoms with Crippen molar-refractivity contribution in [2.45, 2.75) is 53.4 Å². The molecule has 1 atom stereocenters. The molecule has 2 aromatic heterocycles. The van der Waals surface area contributed by atoms with E-state index in [1.165, 1.54) is 4.88 Å². The normalized spacial score (nSPS) is 17.0. The predicted molar refractivity (Wildman–Crippen MR) is 100 cm³/mol. The summed E-state index contributed by atoms with van der Waals surface area (Å²) in [6.45, 7) is 8.69. The monoisotopic (exact) mass is 356 g/mol. The summed E-state index contributed by atoms with van der Waals surface area (Å²) < 4.78 is 5.38. The zero-order valence-electron chi connectivity index (χ0n) is 15.2. The number of nitriles is 1. The molecule has 1 amide bonds. The van der Waals surface area contributed by atoms with E-state index in [9.17, 15) is 10.1 Å². The van der Waals surface area contributed by atoms with Gasteiger partial charge < -0.3 is 9.73 Å². The SMILES string of the molecule is CCC(C)(C)C1CCc2c(sc(NC(=O)c3ccc(C)o3)c2C#N)C1. The van der Waals surface area contributed by atoms with Gasteiger partial charge in [0.05, 0.1) is 5.56 Å². The minimum atomic E-state index is -0.298. The van der Waals surface area contributed by atoms with Crippen LogP contribution in [-0.4, -0.2) is 5.91 Å². The van der Waals surface area contributed by atoms with Gasteiger partial charge in [-0.2, -0.15) is 5.26 Å². The molecule has 1 aliphatic carbocycles. The Bertz CT molecular complexity index is 838. The van der Waals surface area contributed by atoms with Crippen molar-refractivity contribution >= 4 is 22.2 Å². The van der Waals surface area contributed by atoms with E-state index in [0.29, 0.717) is 27.7 Å². The fourth-order valence-electron chi connectivity index (χ4n) is 3.47. The summed E-state index contributed by atoms with van der Waals surface area (Å²) in [6.07, 6.45) is 4.15. The van der Waals surface area contributed by atoms with E-state index in [0.717, 1.165) is 31.2 Å². The molecule has 0 spiro atoms. The molecule has 3 rings (SSSR count). The fourth-order valence-corrected chi connectivity index (χ4v) is 4.74. The zero-order chi connectivity index (χ0) is 18.2. The quantitative estimate of drug-likeness (QED) is 0.807. The Morgan fingerprint density at radius 2 is 2.24 bits per heavy atom. The van der Waals surface area contributed by atoms with Crippen molar-refractivity contribution in [3.63, 3.8) is 0 Å². The van der Waals surface area contributed by atoms with Crippen molar-refractivity contribution < 1.29 is 9.21 Å². The maximum Gasteiger partial charge on any atom is 0.292 e. The van der Waals surface area contributed by atoms with Crippen LogP contribution in [0.3, 0.4) is 0 Å². The van der Waals surface area contributed by atoms with Crippen molar-refractivity contribution in [2.24, 2.45) is 11.3 Å². The summed E-state index contributed by atoms with van der Waals surface area (Å²) in [5.74, 6) is 1.29. The Balaban J connectivity index is 1.86. The van der Waals surface area contributed by atoms with Crippen molar-refractivity contribution in [1.82, 2.24) is 0 Å². The third kappa shape index (κ3) is 3.36. The number of furan rings is 1. The third-order valence-electron chi connectivity index (χ3n) is 5.58. The highest BCUT2D eigenvalue weighted by Gasteiger charge is 2.34. The van der Waals surface area contributed by atoms with Gasteiger partial charge >= 0.3 is 0 Å². The van der Waals surface area contributed by atoms with Crippen molar-refractivity contribution in [1.29, 1.82) is 5.26 Å². The Labute approximate surface area is 152 Å². The topological polar surface area (TPSA) is 66.0 Å². The van der Waals surface area contributed by atoms with Crippen LogP contribution in [0.2, 0.25) is 0 Å². The number of carbonyl (C=O) groups is 1. The highest BCUT2D eigenvalue weighted by Crippen LogP contribution is 2.45. The molecule has 0 aliphatic heterocycles. The molecule has 4 nitrogen and oxygen atoms in total. The first-order chi connectivity index (χ1) is 11.9. The first-order valence-corrected chi connectivity index (χ1v) is 9.59. The smallest absolute Gasteiger partial charge is 0.292 e. The Kier molecular flexibility index (Phi) is 4.75. The van der Waals surface area contributed by atoms with E-state index >= 15 is 0 Å². The number of amides is 1. The molecule has 0 bridgehead atoms. The van der Waals surface area contributed by atoms with Gasteiger partial charge in [-0.05, 0) is 55.2 Å². The van der Waals surface area contributed by atoms with Crippen LogP contribution >= 0.6 is 11.3 Å². The summed E-state index contributed by atoms with van der Waals surface area (Å²) in [6, 6.07) is 5.72. The summed E-state index contributed by atoms with van der Waals surface area (Å²) in [5.41, 5.74) is 2.05. The van der Waals surface area contributed by atoms with E-state index in [-0.39, 0.29) is 11.7 Å². The van der Waals surface area contributed by atoms with Crippen LogP contribution in [-0.2, 0) is 12.8 Å². The molecule has 132 valence electrons. The third-order valence-corrected chi connectivity index (χ3v) is 6.75. The maximum absolute atomic E-state index is 12.4. The number of anilines is 1. The number of nitrogens with one attached hydrogen (secondary N) is 1. The number of hydrogen-bond donors (Lipinski definition) is 1. The van der Waals surface area contributed by atoms with Gasteiger partial charge in [-0.3, -0.25) is 4.79 Å². The fraction of sp³-hybridized carbons (Fsp3) is 0.500.